The zero-order valence-corrected chi connectivity index (χ0v) is 20.9. The van der Waals surface area contributed by atoms with Crippen molar-refractivity contribution in [2.45, 2.75) is 20.3 Å². The molecule has 4 aromatic heterocycles. The molecule has 8 heteroatoms. The predicted molar refractivity (Wildman–Crippen MR) is 148 cm³/mol. The van der Waals surface area contributed by atoms with Gasteiger partial charge in [-0.2, -0.15) is 5.10 Å². The van der Waals surface area contributed by atoms with Crippen LogP contribution in [-0.2, 0) is 4.79 Å². The number of hydrogen-bond acceptors (Lipinski definition) is 4. The van der Waals surface area contributed by atoms with Crippen LogP contribution in [0.2, 0.25) is 0 Å². The third-order valence-corrected chi connectivity index (χ3v) is 6.42. The van der Waals surface area contributed by atoms with E-state index in [0.29, 0.717) is 17.8 Å². The number of amides is 1. The number of nitrogens with one attached hydrogen (secondary N) is 3. The quantitative estimate of drug-likeness (QED) is 0.228. The Morgan fingerprint density at radius 2 is 1.79 bits per heavy atom. The van der Waals surface area contributed by atoms with Crippen LogP contribution in [0.25, 0.3) is 55.6 Å². The number of pyridine rings is 2. The number of aromatic nitrogens is 5. The molecule has 0 saturated carbocycles. The average Bonchev–Trinajstić information content (AvgIpc) is 3.52. The third-order valence-electron chi connectivity index (χ3n) is 6.42. The van der Waals surface area contributed by atoms with Crippen molar-refractivity contribution >= 4 is 33.5 Å². The van der Waals surface area contributed by atoms with E-state index in [1.165, 1.54) is 12.1 Å². The molecule has 38 heavy (non-hydrogen) atoms. The van der Waals surface area contributed by atoms with Gasteiger partial charge < -0.3 is 10.3 Å². The Hall–Kier alpha value is -4.85. The van der Waals surface area contributed by atoms with Gasteiger partial charge in [-0.15, -0.1) is 0 Å². The number of fused-ring (bicyclic) bond motifs is 2. The molecule has 0 spiro atoms. The highest BCUT2D eigenvalue weighted by molar-refractivity contribution is 6.01. The van der Waals surface area contributed by atoms with Gasteiger partial charge in [0.05, 0.1) is 17.6 Å². The first-order chi connectivity index (χ1) is 18.4. The maximum absolute atomic E-state index is 13.9. The molecule has 3 N–H and O–H groups in total. The van der Waals surface area contributed by atoms with Crippen LogP contribution in [0.5, 0.6) is 0 Å². The number of aromatic amines is 2. The second-order valence-electron chi connectivity index (χ2n) is 9.76. The van der Waals surface area contributed by atoms with E-state index in [1.54, 1.807) is 24.7 Å². The van der Waals surface area contributed by atoms with Crippen LogP contribution in [-0.4, -0.2) is 31.1 Å². The minimum atomic E-state index is -0.273. The minimum absolute atomic E-state index is 0.0407. The SMILES string of the molecule is CC(C)CC(=O)Nc1cncc(-c2cnc3[nH]nc(-c4cc5c(-c6cccc(F)c6)cccc5[nH]4)c3c2)c1. The third kappa shape index (κ3) is 4.52. The smallest absolute Gasteiger partial charge is 0.224 e. The number of benzene rings is 2. The van der Waals surface area contributed by atoms with E-state index >= 15 is 0 Å². The number of hydrogen-bond donors (Lipinski definition) is 3. The molecule has 2 aromatic carbocycles. The standard InChI is InChI=1S/C30H25FN6O/c1-17(2)9-28(38)34-22-11-19(14-32-16-22)20-12-25-29(36-37-30(25)33-15-20)27-13-24-23(7-4-8-26(24)35-27)18-5-3-6-21(31)10-18/h3-8,10-17,35H,9H2,1-2H3,(H,34,38)(H,33,36,37). The van der Waals surface area contributed by atoms with E-state index in [1.807, 2.05) is 56.3 Å². The number of nitrogens with zero attached hydrogens (tertiary/aromatic N) is 3. The summed E-state index contributed by atoms with van der Waals surface area (Å²) in [5, 5.41) is 12.3. The lowest BCUT2D eigenvalue weighted by Crippen LogP contribution is -2.13. The summed E-state index contributed by atoms with van der Waals surface area (Å²) in [4.78, 5) is 24.6. The van der Waals surface area contributed by atoms with Crippen molar-refractivity contribution < 1.29 is 9.18 Å². The molecule has 188 valence electrons. The first-order valence-corrected chi connectivity index (χ1v) is 12.4. The normalized spacial score (nSPS) is 11.5. The highest BCUT2D eigenvalue weighted by atomic mass is 19.1. The summed E-state index contributed by atoms with van der Waals surface area (Å²) in [6.45, 7) is 4.01. The first-order valence-electron chi connectivity index (χ1n) is 12.4. The van der Waals surface area contributed by atoms with Gasteiger partial charge in [0.2, 0.25) is 5.91 Å². The second-order valence-corrected chi connectivity index (χ2v) is 9.76. The maximum Gasteiger partial charge on any atom is 0.224 e. The summed E-state index contributed by atoms with van der Waals surface area (Å²) in [7, 11) is 0. The molecular weight excluding hydrogens is 479 g/mol. The molecule has 4 heterocycles. The summed E-state index contributed by atoms with van der Waals surface area (Å²) < 4.78 is 13.9. The zero-order chi connectivity index (χ0) is 26.2. The number of carbonyl (C=O) groups excluding carboxylic acids is 1. The molecule has 0 saturated heterocycles. The monoisotopic (exact) mass is 504 g/mol. The Balaban J connectivity index is 1.38. The highest BCUT2D eigenvalue weighted by Crippen LogP contribution is 2.35. The summed E-state index contributed by atoms with van der Waals surface area (Å²) in [6, 6.07) is 18.5. The summed E-state index contributed by atoms with van der Waals surface area (Å²) in [5.74, 6) is -0.0434. The van der Waals surface area contributed by atoms with Gasteiger partial charge in [0.15, 0.2) is 5.65 Å². The molecule has 7 nitrogen and oxygen atoms in total. The Morgan fingerprint density at radius 3 is 2.63 bits per heavy atom. The van der Waals surface area contributed by atoms with Crippen LogP contribution < -0.4 is 5.32 Å². The van der Waals surface area contributed by atoms with E-state index in [2.05, 4.69) is 30.5 Å². The fraction of sp³-hybridized carbons (Fsp3) is 0.133. The van der Waals surface area contributed by atoms with Crippen molar-refractivity contribution in [2.24, 2.45) is 5.92 Å². The lowest BCUT2D eigenvalue weighted by Gasteiger charge is -2.08. The van der Waals surface area contributed by atoms with E-state index in [4.69, 9.17) is 0 Å². The predicted octanol–water partition coefficient (Wildman–Crippen LogP) is 6.96. The summed E-state index contributed by atoms with van der Waals surface area (Å²) in [6.07, 6.45) is 5.59. The Kier molecular flexibility index (Phi) is 5.92. The number of rotatable bonds is 6. The van der Waals surface area contributed by atoms with Crippen molar-refractivity contribution in [3.8, 4) is 33.6 Å². The fourth-order valence-electron chi connectivity index (χ4n) is 4.71. The molecule has 0 aliphatic carbocycles. The first kappa shape index (κ1) is 23.5. The lowest BCUT2D eigenvalue weighted by molar-refractivity contribution is -0.116. The Morgan fingerprint density at radius 1 is 0.947 bits per heavy atom. The summed E-state index contributed by atoms with van der Waals surface area (Å²) in [5.41, 5.74) is 7.20. The van der Waals surface area contributed by atoms with E-state index in [0.717, 1.165) is 49.9 Å². The molecule has 0 bridgehead atoms. The topological polar surface area (TPSA) is 99.3 Å². The number of anilines is 1. The molecule has 0 aliphatic rings. The van der Waals surface area contributed by atoms with Gasteiger partial charge in [-0.3, -0.25) is 14.9 Å². The van der Waals surface area contributed by atoms with Crippen LogP contribution in [0.4, 0.5) is 10.1 Å². The van der Waals surface area contributed by atoms with Crippen molar-refractivity contribution in [1.82, 2.24) is 25.1 Å². The van der Waals surface area contributed by atoms with Gasteiger partial charge in [-0.05, 0) is 53.4 Å². The number of halogens is 1. The molecule has 0 atom stereocenters. The molecule has 0 aliphatic heterocycles. The minimum Gasteiger partial charge on any atom is -0.353 e. The highest BCUT2D eigenvalue weighted by Gasteiger charge is 2.16. The number of carbonyl (C=O) groups is 1. The van der Waals surface area contributed by atoms with Crippen molar-refractivity contribution in [1.29, 1.82) is 0 Å². The zero-order valence-electron chi connectivity index (χ0n) is 20.9. The van der Waals surface area contributed by atoms with Gasteiger partial charge in [0, 0.05) is 46.2 Å². The molecule has 0 unspecified atom stereocenters. The second kappa shape index (κ2) is 9.55. The van der Waals surface area contributed by atoms with Crippen LogP contribution in [0, 0.1) is 11.7 Å². The van der Waals surface area contributed by atoms with Crippen molar-refractivity contribution in [3.05, 3.63) is 85.1 Å². The largest absolute Gasteiger partial charge is 0.353 e. The maximum atomic E-state index is 13.9. The Labute approximate surface area is 218 Å². The van der Waals surface area contributed by atoms with E-state index in [9.17, 15) is 9.18 Å². The van der Waals surface area contributed by atoms with Crippen LogP contribution in [0.15, 0.2) is 79.3 Å². The van der Waals surface area contributed by atoms with Gasteiger partial charge in [0.1, 0.15) is 11.5 Å². The van der Waals surface area contributed by atoms with Crippen LogP contribution in [0.1, 0.15) is 20.3 Å². The Bertz CT molecular complexity index is 1800. The molecule has 0 fully saturated rings. The molecule has 6 rings (SSSR count). The lowest BCUT2D eigenvalue weighted by atomic mass is 10.0. The van der Waals surface area contributed by atoms with Crippen molar-refractivity contribution in [3.63, 3.8) is 0 Å². The fourth-order valence-corrected chi connectivity index (χ4v) is 4.71. The van der Waals surface area contributed by atoms with Gasteiger partial charge in [0.25, 0.3) is 0 Å². The molecule has 0 radical (unpaired) electrons. The van der Waals surface area contributed by atoms with Crippen molar-refractivity contribution in [2.75, 3.05) is 5.32 Å². The number of H-pyrrole nitrogens is 2. The average molecular weight is 505 g/mol. The van der Waals surface area contributed by atoms with Gasteiger partial charge in [-0.1, -0.05) is 38.1 Å². The van der Waals surface area contributed by atoms with Gasteiger partial charge in [-0.25, -0.2) is 9.37 Å². The molecule has 1 amide bonds. The summed E-state index contributed by atoms with van der Waals surface area (Å²) >= 11 is 0. The molecule has 6 aromatic rings. The van der Waals surface area contributed by atoms with E-state index < -0.39 is 0 Å². The van der Waals surface area contributed by atoms with Crippen LogP contribution in [0.3, 0.4) is 0 Å². The van der Waals surface area contributed by atoms with E-state index in [-0.39, 0.29) is 17.6 Å². The molecular formula is C30H25FN6O. The van der Waals surface area contributed by atoms with Crippen LogP contribution >= 0.6 is 0 Å². The van der Waals surface area contributed by atoms with Gasteiger partial charge >= 0.3 is 0 Å².